The summed E-state index contributed by atoms with van der Waals surface area (Å²) in [6, 6.07) is 5.70. The van der Waals surface area contributed by atoms with E-state index in [-0.39, 0.29) is 0 Å². The van der Waals surface area contributed by atoms with Crippen molar-refractivity contribution in [1.29, 1.82) is 0 Å². The van der Waals surface area contributed by atoms with Gasteiger partial charge in [-0.2, -0.15) is 0 Å². The molecule has 11 heavy (non-hydrogen) atoms. The summed E-state index contributed by atoms with van der Waals surface area (Å²) < 4.78 is 0.884. The van der Waals surface area contributed by atoms with Gasteiger partial charge in [-0.1, -0.05) is 6.07 Å². The Bertz CT molecular complexity index is 210. The predicted molar refractivity (Wildman–Crippen MR) is 42.6 cm³/mol. The maximum atomic E-state index is 8.56. The number of rotatable bonds is 0. The molecule has 0 spiro atoms. The fourth-order valence-electron chi connectivity index (χ4n) is 0.342. The normalized spacial score (nSPS) is 7.73. The average Bonchev–Trinajstić information content (AvgIpc) is 1.87. The second kappa shape index (κ2) is 5.67. The number of halogens is 1. The Hall–Kier alpha value is -1.10. The number of pyridine rings is 1. The van der Waals surface area contributed by atoms with E-state index in [1.807, 2.05) is 18.2 Å². The molecule has 60 valence electrons. The minimum atomic E-state index is -1.83. The molecule has 0 aliphatic carbocycles. The summed E-state index contributed by atoms with van der Waals surface area (Å²) in [5, 5.41) is 13.9. The van der Waals surface area contributed by atoms with E-state index in [0.29, 0.717) is 0 Å². The standard InChI is InChI=1S/C5H4BrN.CH2O3/c6-5-3-1-2-4-7-5;2-1(3)4/h1-4H;(H2,2,3,4). The monoisotopic (exact) mass is 219 g/mol. The second-order valence-corrected chi connectivity index (χ2v) is 2.25. The molecule has 0 amide bonds. The van der Waals surface area contributed by atoms with Crippen LogP contribution in [0.2, 0.25) is 0 Å². The molecule has 0 radical (unpaired) electrons. The molecule has 1 rings (SSSR count). The van der Waals surface area contributed by atoms with Gasteiger partial charge in [-0.25, -0.2) is 9.78 Å². The Balaban J connectivity index is 0.000000218. The first-order valence-electron chi connectivity index (χ1n) is 2.61. The Morgan fingerprint density at radius 3 is 2.18 bits per heavy atom. The number of hydrogen-bond acceptors (Lipinski definition) is 2. The van der Waals surface area contributed by atoms with Crippen LogP contribution in [0.1, 0.15) is 0 Å². The highest BCUT2D eigenvalue weighted by Crippen LogP contribution is 2.00. The summed E-state index contributed by atoms with van der Waals surface area (Å²) in [6.45, 7) is 0. The van der Waals surface area contributed by atoms with Gasteiger partial charge in [0, 0.05) is 6.20 Å². The summed E-state index contributed by atoms with van der Waals surface area (Å²) in [6.07, 6.45) is -0.0932. The number of aromatic nitrogens is 1. The van der Waals surface area contributed by atoms with E-state index in [4.69, 9.17) is 15.0 Å². The van der Waals surface area contributed by atoms with Gasteiger partial charge in [0.05, 0.1) is 0 Å². The number of hydrogen-bond donors (Lipinski definition) is 2. The zero-order valence-electron chi connectivity index (χ0n) is 5.44. The van der Waals surface area contributed by atoms with E-state index in [1.165, 1.54) is 0 Å². The quantitative estimate of drug-likeness (QED) is 0.656. The molecule has 0 saturated carbocycles. The molecule has 0 bridgehead atoms. The zero-order valence-corrected chi connectivity index (χ0v) is 7.02. The minimum absolute atomic E-state index is 0.884. The first-order chi connectivity index (χ1) is 5.13. The lowest BCUT2D eigenvalue weighted by atomic mass is 10.5. The summed E-state index contributed by atoms with van der Waals surface area (Å²) in [5.41, 5.74) is 0. The van der Waals surface area contributed by atoms with Gasteiger partial charge in [0.2, 0.25) is 0 Å². The molecule has 0 fully saturated rings. The summed E-state index contributed by atoms with van der Waals surface area (Å²) >= 11 is 3.20. The summed E-state index contributed by atoms with van der Waals surface area (Å²) in [4.78, 5) is 12.5. The predicted octanol–water partition coefficient (Wildman–Crippen LogP) is 2.07. The van der Waals surface area contributed by atoms with E-state index in [1.54, 1.807) is 6.20 Å². The third kappa shape index (κ3) is 8.90. The third-order valence-corrected chi connectivity index (χ3v) is 1.10. The molecule has 0 aromatic carbocycles. The van der Waals surface area contributed by atoms with Crippen LogP contribution in [0.4, 0.5) is 4.79 Å². The lowest BCUT2D eigenvalue weighted by Crippen LogP contribution is -1.81. The molecule has 0 aliphatic heterocycles. The largest absolute Gasteiger partial charge is 0.503 e. The van der Waals surface area contributed by atoms with Gasteiger partial charge < -0.3 is 10.2 Å². The van der Waals surface area contributed by atoms with Crippen molar-refractivity contribution in [2.24, 2.45) is 0 Å². The molecule has 5 heteroatoms. The number of carboxylic acid groups (broad SMARTS) is 2. The molecular formula is C6H6BrNO3. The van der Waals surface area contributed by atoms with Gasteiger partial charge in [-0.05, 0) is 28.1 Å². The highest BCUT2D eigenvalue weighted by Gasteiger charge is 1.75. The van der Waals surface area contributed by atoms with Crippen LogP contribution in [-0.2, 0) is 0 Å². The highest BCUT2D eigenvalue weighted by atomic mass is 79.9. The van der Waals surface area contributed by atoms with Gasteiger partial charge in [0.15, 0.2) is 0 Å². The van der Waals surface area contributed by atoms with Gasteiger partial charge >= 0.3 is 6.16 Å². The van der Waals surface area contributed by atoms with Crippen molar-refractivity contribution >= 4 is 22.1 Å². The van der Waals surface area contributed by atoms with Crippen LogP contribution >= 0.6 is 15.9 Å². The van der Waals surface area contributed by atoms with Crippen molar-refractivity contribution in [1.82, 2.24) is 4.98 Å². The molecule has 0 unspecified atom stereocenters. The van der Waals surface area contributed by atoms with Crippen LogP contribution in [0.3, 0.4) is 0 Å². The lowest BCUT2D eigenvalue weighted by Gasteiger charge is -1.80. The zero-order chi connectivity index (χ0) is 8.69. The molecule has 4 nitrogen and oxygen atoms in total. The summed E-state index contributed by atoms with van der Waals surface area (Å²) in [5.74, 6) is 0. The van der Waals surface area contributed by atoms with E-state index in [0.717, 1.165) is 4.60 Å². The van der Waals surface area contributed by atoms with Gasteiger partial charge in [0.1, 0.15) is 4.60 Å². The van der Waals surface area contributed by atoms with Crippen molar-refractivity contribution in [3.05, 3.63) is 29.0 Å². The minimum Gasteiger partial charge on any atom is -0.450 e. The smallest absolute Gasteiger partial charge is 0.450 e. The van der Waals surface area contributed by atoms with Gasteiger partial charge in [-0.3, -0.25) is 0 Å². The molecule has 1 heterocycles. The first kappa shape index (κ1) is 9.90. The molecule has 0 saturated heterocycles. The van der Waals surface area contributed by atoms with Crippen molar-refractivity contribution < 1.29 is 15.0 Å². The number of nitrogens with zero attached hydrogens (tertiary/aromatic N) is 1. The van der Waals surface area contributed by atoms with Crippen molar-refractivity contribution in [3.63, 3.8) is 0 Å². The molecular weight excluding hydrogens is 214 g/mol. The Morgan fingerprint density at radius 2 is 2.00 bits per heavy atom. The van der Waals surface area contributed by atoms with Crippen LogP contribution < -0.4 is 0 Å². The highest BCUT2D eigenvalue weighted by molar-refractivity contribution is 9.10. The van der Waals surface area contributed by atoms with E-state index in [9.17, 15) is 0 Å². The van der Waals surface area contributed by atoms with Crippen LogP contribution in [0.5, 0.6) is 0 Å². The maximum Gasteiger partial charge on any atom is 0.503 e. The average molecular weight is 220 g/mol. The number of carbonyl (C=O) groups is 1. The topological polar surface area (TPSA) is 70.4 Å². The SMILES string of the molecule is Brc1ccccn1.O=C(O)O. The van der Waals surface area contributed by atoms with Gasteiger partial charge in [-0.15, -0.1) is 0 Å². The van der Waals surface area contributed by atoms with Crippen molar-refractivity contribution in [3.8, 4) is 0 Å². The Labute approximate surface area is 71.6 Å². The maximum absolute atomic E-state index is 8.56. The molecule has 1 aromatic heterocycles. The van der Waals surface area contributed by atoms with Crippen LogP contribution in [0.15, 0.2) is 29.0 Å². The fraction of sp³-hybridized carbons (Fsp3) is 0. The van der Waals surface area contributed by atoms with Crippen molar-refractivity contribution in [2.75, 3.05) is 0 Å². The first-order valence-corrected chi connectivity index (χ1v) is 3.40. The molecule has 2 N–H and O–H groups in total. The fourth-order valence-corrected chi connectivity index (χ4v) is 0.613. The molecule has 1 aromatic rings. The van der Waals surface area contributed by atoms with E-state index < -0.39 is 6.16 Å². The van der Waals surface area contributed by atoms with E-state index >= 15 is 0 Å². The lowest BCUT2D eigenvalue weighted by molar-refractivity contribution is 0.137. The van der Waals surface area contributed by atoms with Crippen LogP contribution in [0, 0.1) is 0 Å². The van der Waals surface area contributed by atoms with E-state index in [2.05, 4.69) is 20.9 Å². The van der Waals surface area contributed by atoms with Crippen LogP contribution in [0.25, 0.3) is 0 Å². The third-order valence-electron chi connectivity index (χ3n) is 0.629. The Morgan fingerprint density at radius 1 is 1.45 bits per heavy atom. The molecule has 0 atom stereocenters. The Kier molecular flexibility index (Phi) is 5.10. The second-order valence-electron chi connectivity index (χ2n) is 1.44. The summed E-state index contributed by atoms with van der Waals surface area (Å²) in [7, 11) is 0. The van der Waals surface area contributed by atoms with Gasteiger partial charge in [0.25, 0.3) is 0 Å². The molecule has 0 aliphatic rings. The van der Waals surface area contributed by atoms with Crippen molar-refractivity contribution in [2.45, 2.75) is 0 Å². The van der Waals surface area contributed by atoms with Crippen LogP contribution in [-0.4, -0.2) is 21.4 Å².